The zero-order valence-corrected chi connectivity index (χ0v) is 12.4. The van der Waals surface area contributed by atoms with Crippen LogP contribution in [-0.4, -0.2) is 31.7 Å². The molecule has 0 aliphatic carbocycles. The maximum atomic E-state index is 12.0. The predicted molar refractivity (Wildman–Crippen MR) is 77.5 cm³/mol. The SMILES string of the molecule is CCNC(=O)CNC(C)CCc1ccc(OC(F)F)cc1. The molecule has 1 rings (SSSR count). The molecule has 0 heterocycles. The molecule has 0 aromatic heterocycles. The Bertz CT molecular complexity index is 424. The first-order valence-corrected chi connectivity index (χ1v) is 7.05. The van der Waals surface area contributed by atoms with Crippen molar-refractivity contribution in [1.29, 1.82) is 0 Å². The Morgan fingerprint density at radius 1 is 1.29 bits per heavy atom. The first kappa shape index (κ1) is 17.4. The van der Waals surface area contributed by atoms with Crippen molar-refractivity contribution in [2.45, 2.75) is 39.3 Å². The molecule has 4 nitrogen and oxygen atoms in total. The van der Waals surface area contributed by atoms with Crippen LogP contribution in [0.15, 0.2) is 24.3 Å². The number of likely N-dealkylation sites (N-methyl/N-ethyl adjacent to an activating group) is 1. The number of carbonyl (C=O) groups excluding carboxylic acids is 1. The monoisotopic (exact) mass is 300 g/mol. The van der Waals surface area contributed by atoms with Crippen LogP contribution in [0.25, 0.3) is 0 Å². The topological polar surface area (TPSA) is 50.4 Å². The number of amides is 1. The summed E-state index contributed by atoms with van der Waals surface area (Å²) in [5, 5.41) is 5.86. The van der Waals surface area contributed by atoms with Crippen molar-refractivity contribution in [1.82, 2.24) is 10.6 Å². The van der Waals surface area contributed by atoms with Gasteiger partial charge >= 0.3 is 6.61 Å². The summed E-state index contributed by atoms with van der Waals surface area (Å²) < 4.78 is 28.3. The highest BCUT2D eigenvalue weighted by Gasteiger charge is 2.06. The van der Waals surface area contributed by atoms with Crippen molar-refractivity contribution in [3.63, 3.8) is 0 Å². The minimum absolute atomic E-state index is 0.0159. The van der Waals surface area contributed by atoms with Crippen LogP contribution in [-0.2, 0) is 11.2 Å². The van der Waals surface area contributed by atoms with Crippen LogP contribution in [0.1, 0.15) is 25.8 Å². The van der Waals surface area contributed by atoms with Gasteiger partial charge in [-0.25, -0.2) is 0 Å². The standard InChI is InChI=1S/C15H22F2N2O2/c1-3-18-14(20)10-19-11(2)4-5-12-6-8-13(9-7-12)21-15(16)17/h6-9,11,15,19H,3-5,10H2,1-2H3,(H,18,20). The van der Waals surface area contributed by atoms with Crippen molar-refractivity contribution < 1.29 is 18.3 Å². The van der Waals surface area contributed by atoms with Crippen LogP contribution < -0.4 is 15.4 Å². The smallest absolute Gasteiger partial charge is 0.387 e. The summed E-state index contributed by atoms with van der Waals surface area (Å²) in [6.07, 6.45) is 1.66. The number of alkyl halides is 2. The van der Waals surface area contributed by atoms with Crippen LogP contribution >= 0.6 is 0 Å². The lowest BCUT2D eigenvalue weighted by atomic mass is 10.1. The van der Waals surface area contributed by atoms with Crippen LogP contribution in [0.5, 0.6) is 5.75 Å². The summed E-state index contributed by atoms with van der Waals surface area (Å²) >= 11 is 0. The Kier molecular flexibility index (Phi) is 7.68. The Balaban J connectivity index is 2.29. The maximum Gasteiger partial charge on any atom is 0.387 e. The molecule has 2 N–H and O–H groups in total. The van der Waals surface area contributed by atoms with Crippen LogP contribution in [0.2, 0.25) is 0 Å². The Morgan fingerprint density at radius 2 is 1.95 bits per heavy atom. The van der Waals surface area contributed by atoms with Gasteiger partial charge in [-0.1, -0.05) is 12.1 Å². The van der Waals surface area contributed by atoms with E-state index in [9.17, 15) is 13.6 Å². The number of aryl methyl sites for hydroxylation is 1. The number of carbonyl (C=O) groups is 1. The average molecular weight is 300 g/mol. The summed E-state index contributed by atoms with van der Waals surface area (Å²) in [6, 6.07) is 6.81. The second-order valence-electron chi connectivity index (χ2n) is 4.80. The summed E-state index contributed by atoms with van der Waals surface area (Å²) in [5.74, 6) is 0.147. The Morgan fingerprint density at radius 3 is 2.52 bits per heavy atom. The zero-order chi connectivity index (χ0) is 15.7. The van der Waals surface area contributed by atoms with E-state index >= 15 is 0 Å². The molecule has 1 aromatic rings. The molecule has 1 aromatic carbocycles. The van der Waals surface area contributed by atoms with E-state index in [4.69, 9.17) is 0 Å². The molecule has 1 unspecified atom stereocenters. The number of benzene rings is 1. The molecule has 0 spiro atoms. The van der Waals surface area contributed by atoms with Gasteiger partial charge in [0.05, 0.1) is 6.54 Å². The molecule has 1 amide bonds. The number of nitrogens with one attached hydrogen (secondary N) is 2. The third kappa shape index (κ3) is 7.60. The van der Waals surface area contributed by atoms with E-state index in [0.717, 1.165) is 18.4 Å². The fourth-order valence-corrected chi connectivity index (χ4v) is 1.85. The van der Waals surface area contributed by atoms with Crippen LogP contribution in [0.3, 0.4) is 0 Å². The lowest BCUT2D eigenvalue weighted by molar-refractivity contribution is -0.120. The van der Waals surface area contributed by atoms with Crippen molar-refractivity contribution >= 4 is 5.91 Å². The number of hydrogen-bond donors (Lipinski definition) is 2. The molecular formula is C15H22F2N2O2. The van der Waals surface area contributed by atoms with Crippen LogP contribution in [0, 0.1) is 0 Å². The molecule has 0 aliphatic rings. The second-order valence-corrected chi connectivity index (χ2v) is 4.80. The molecule has 0 saturated carbocycles. The van der Waals surface area contributed by atoms with Crippen molar-refractivity contribution in [2.75, 3.05) is 13.1 Å². The summed E-state index contributed by atoms with van der Waals surface area (Å²) in [7, 11) is 0. The number of hydrogen-bond acceptors (Lipinski definition) is 3. The fourth-order valence-electron chi connectivity index (χ4n) is 1.85. The molecule has 6 heteroatoms. The number of rotatable bonds is 9. The predicted octanol–water partition coefficient (Wildman–Crippen LogP) is 2.33. The van der Waals surface area contributed by atoms with E-state index in [1.165, 1.54) is 12.1 Å². The molecule has 0 bridgehead atoms. The van der Waals surface area contributed by atoms with Gasteiger partial charge in [-0.05, 0) is 44.4 Å². The molecule has 118 valence electrons. The summed E-state index contributed by atoms with van der Waals surface area (Å²) in [6.45, 7) is 2.02. The maximum absolute atomic E-state index is 12.0. The quantitative estimate of drug-likeness (QED) is 0.736. The van der Waals surface area contributed by atoms with Crippen LogP contribution in [0.4, 0.5) is 8.78 Å². The summed E-state index contributed by atoms with van der Waals surface area (Å²) in [5.41, 5.74) is 1.04. The van der Waals surface area contributed by atoms with Gasteiger partial charge in [0.15, 0.2) is 0 Å². The van der Waals surface area contributed by atoms with Gasteiger partial charge in [-0.15, -0.1) is 0 Å². The van der Waals surface area contributed by atoms with Crippen molar-refractivity contribution in [3.05, 3.63) is 29.8 Å². The van der Waals surface area contributed by atoms with E-state index in [-0.39, 0.29) is 17.7 Å². The number of ether oxygens (including phenoxy) is 1. The highest BCUT2D eigenvalue weighted by Crippen LogP contribution is 2.16. The molecule has 0 fully saturated rings. The Labute approximate surface area is 123 Å². The lowest BCUT2D eigenvalue weighted by Crippen LogP contribution is -2.38. The van der Waals surface area contributed by atoms with E-state index in [1.807, 2.05) is 13.8 Å². The van der Waals surface area contributed by atoms with E-state index in [2.05, 4.69) is 15.4 Å². The highest BCUT2D eigenvalue weighted by atomic mass is 19.3. The van der Waals surface area contributed by atoms with Gasteiger partial charge in [-0.2, -0.15) is 8.78 Å². The van der Waals surface area contributed by atoms with Crippen molar-refractivity contribution in [2.24, 2.45) is 0 Å². The zero-order valence-electron chi connectivity index (χ0n) is 12.4. The van der Waals surface area contributed by atoms with Gasteiger partial charge < -0.3 is 15.4 Å². The fraction of sp³-hybridized carbons (Fsp3) is 0.533. The normalized spacial score (nSPS) is 12.2. The Hall–Kier alpha value is -1.69. The molecular weight excluding hydrogens is 278 g/mol. The summed E-state index contributed by atoms with van der Waals surface area (Å²) in [4.78, 5) is 11.3. The minimum atomic E-state index is -2.80. The molecule has 0 saturated heterocycles. The minimum Gasteiger partial charge on any atom is -0.435 e. The number of halogens is 2. The van der Waals surface area contributed by atoms with Crippen molar-refractivity contribution in [3.8, 4) is 5.75 Å². The first-order chi connectivity index (χ1) is 10.0. The molecule has 0 radical (unpaired) electrons. The third-order valence-corrected chi connectivity index (χ3v) is 3.00. The highest BCUT2D eigenvalue weighted by molar-refractivity contribution is 5.77. The first-order valence-electron chi connectivity index (χ1n) is 7.05. The largest absolute Gasteiger partial charge is 0.435 e. The average Bonchev–Trinajstić information content (AvgIpc) is 2.44. The van der Waals surface area contributed by atoms with E-state index in [0.29, 0.717) is 13.1 Å². The van der Waals surface area contributed by atoms with E-state index < -0.39 is 6.61 Å². The second kappa shape index (κ2) is 9.28. The lowest BCUT2D eigenvalue weighted by Gasteiger charge is -2.13. The van der Waals surface area contributed by atoms with Gasteiger partial charge in [0.1, 0.15) is 5.75 Å². The van der Waals surface area contributed by atoms with Gasteiger partial charge in [0.25, 0.3) is 0 Å². The van der Waals surface area contributed by atoms with E-state index in [1.54, 1.807) is 12.1 Å². The molecule has 1 atom stereocenters. The third-order valence-electron chi connectivity index (χ3n) is 3.00. The molecule has 0 aliphatic heterocycles. The van der Waals surface area contributed by atoms with Gasteiger partial charge in [0.2, 0.25) is 5.91 Å². The van der Waals surface area contributed by atoms with Gasteiger partial charge in [-0.3, -0.25) is 4.79 Å². The van der Waals surface area contributed by atoms with Gasteiger partial charge in [0, 0.05) is 12.6 Å². The molecule has 21 heavy (non-hydrogen) atoms.